The average molecular weight is 447 g/mol. The van der Waals surface area contributed by atoms with Crippen molar-refractivity contribution in [2.75, 3.05) is 19.4 Å². The fourth-order valence-electron chi connectivity index (χ4n) is 2.52. The third kappa shape index (κ3) is 5.93. The summed E-state index contributed by atoms with van der Waals surface area (Å²) in [6.07, 6.45) is 0. The number of thioether (sulfide) groups is 1. The number of carbonyl (C=O) groups excluding carboxylic acids is 1. The first-order valence-corrected chi connectivity index (χ1v) is 11.9. The monoisotopic (exact) mass is 446 g/mol. The second kappa shape index (κ2) is 10.6. The zero-order valence-corrected chi connectivity index (χ0v) is 18.4. The molecule has 0 aliphatic carbocycles. The van der Waals surface area contributed by atoms with Gasteiger partial charge in [-0.25, -0.2) is 4.21 Å². The summed E-state index contributed by atoms with van der Waals surface area (Å²) in [6, 6.07) is 18.4. The largest absolute Gasteiger partial charge is 0.497 e. The molecule has 0 saturated carbocycles. The molecule has 3 N–H and O–H groups in total. The molecule has 1 aromatic heterocycles. The fourth-order valence-corrected chi connectivity index (χ4v) is 5.62. The number of ether oxygens (including phenoxy) is 1. The first-order valence-electron chi connectivity index (χ1n) is 8.96. The lowest BCUT2D eigenvalue weighted by atomic mass is 10.2. The molecule has 0 radical (unpaired) electrons. The maximum Gasteiger partial charge on any atom is 0.251 e. The molecule has 8 heteroatoms. The van der Waals surface area contributed by atoms with Crippen LogP contribution in [0.15, 0.2) is 74.7 Å². The molecule has 0 saturated heterocycles. The fraction of sp³-hybridized carbons (Fsp3) is 0.190. The Morgan fingerprint density at radius 1 is 1.10 bits per heavy atom. The van der Waals surface area contributed by atoms with E-state index in [-0.39, 0.29) is 5.91 Å². The van der Waals surface area contributed by atoms with Crippen LogP contribution < -0.4 is 15.8 Å². The van der Waals surface area contributed by atoms with Crippen molar-refractivity contribution in [3.8, 4) is 5.75 Å². The molecule has 1 amide bonds. The highest BCUT2D eigenvalue weighted by Gasteiger charge is 2.11. The topological polar surface area (TPSA) is 81.4 Å². The molecule has 152 valence electrons. The van der Waals surface area contributed by atoms with Crippen LogP contribution in [0.25, 0.3) is 0 Å². The van der Waals surface area contributed by atoms with Gasteiger partial charge < -0.3 is 15.8 Å². The summed E-state index contributed by atoms with van der Waals surface area (Å²) in [5, 5.41) is 2.91. The van der Waals surface area contributed by atoms with Crippen LogP contribution in [0.3, 0.4) is 0 Å². The smallest absolute Gasteiger partial charge is 0.251 e. The van der Waals surface area contributed by atoms with Gasteiger partial charge in [0.05, 0.1) is 22.1 Å². The van der Waals surface area contributed by atoms with E-state index in [0.717, 1.165) is 25.5 Å². The minimum Gasteiger partial charge on any atom is -0.497 e. The Morgan fingerprint density at radius 2 is 1.83 bits per heavy atom. The van der Waals surface area contributed by atoms with E-state index >= 15 is 0 Å². The summed E-state index contributed by atoms with van der Waals surface area (Å²) < 4.78 is 18.5. The van der Waals surface area contributed by atoms with Gasteiger partial charge in [-0.1, -0.05) is 0 Å². The van der Waals surface area contributed by atoms with Crippen molar-refractivity contribution in [1.82, 2.24) is 5.32 Å². The number of rotatable bonds is 9. The van der Waals surface area contributed by atoms with Gasteiger partial charge in [-0.2, -0.15) is 0 Å². The molecule has 1 unspecified atom stereocenters. The Bertz CT molecular complexity index is 970. The molecule has 0 spiro atoms. The van der Waals surface area contributed by atoms with E-state index in [1.807, 2.05) is 36.4 Å². The Hall–Kier alpha value is -2.13. The number of benzene rings is 2. The standard InChI is InChI=1S/C21H22N2O3S3/c1-26-16-4-6-17(7-5-16)27-13-12-23-21(24)15-2-9-19(10-3-15)29(25)20-11-8-18(14-22)28-20/h2-11H,12-14,22H2,1H3,(H,23,24). The van der Waals surface area contributed by atoms with E-state index in [9.17, 15) is 9.00 Å². The number of nitrogens with two attached hydrogens (primary N) is 1. The van der Waals surface area contributed by atoms with Gasteiger partial charge in [0.15, 0.2) is 0 Å². The molecule has 0 fully saturated rings. The first-order chi connectivity index (χ1) is 14.1. The van der Waals surface area contributed by atoms with Crippen LogP contribution in [0.4, 0.5) is 0 Å². The Kier molecular flexibility index (Phi) is 7.88. The Balaban J connectivity index is 1.48. The summed E-state index contributed by atoms with van der Waals surface area (Å²) in [6.45, 7) is 0.998. The molecular weight excluding hydrogens is 424 g/mol. The van der Waals surface area contributed by atoms with Crippen molar-refractivity contribution in [3.63, 3.8) is 0 Å². The molecule has 0 bridgehead atoms. The summed E-state index contributed by atoms with van der Waals surface area (Å²) in [5.74, 6) is 1.45. The lowest BCUT2D eigenvalue weighted by molar-refractivity contribution is 0.0956. The van der Waals surface area contributed by atoms with Gasteiger partial charge in [-0.15, -0.1) is 23.1 Å². The minimum atomic E-state index is -1.26. The van der Waals surface area contributed by atoms with Crippen molar-refractivity contribution in [3.05, 3.63) is 71.1 Å². The zero-order valence-electron chi connectivity index (χ0n) is 15.9. The van der Waals surface area contributed by atoms with Gasteiger partial charge in [-0.3, -0.25) is 4.79 Å². The minimum absolute atomic E-state index is 0.140. The van der Waals surface area contributed by atoms with Crippen LogP contribution in [0.1, 0.15) is 15.2 Å². The van der Waals surface area contributed by atoms with Crippen LogP contribution >= 0.6 is 23.1 Å². The Morgan fingerprint density at radius 3 is 2.45 bits per heavy atom. The molecular formula is C21H22N2O3S3. The third-order valence-corrected chi connectivity index (χ3v) is 7.89. The number of hydrogen-bond donors (Lipinski definition) is 2. The lowest BCUT2D eigenvalue weighted by Crippen LogP contribution is -2.25. The number of thiophene rings is 1. The summed E-state index contributed by atoms with van der Waals surface area (Å²) in [7, 11) is 0.380. The second-order valence-corrected chi connectivity index (χ2v) is 10.0. The molecule has 1 atom stereocenters. The first kappa shape index (κ1) is 21.6. The van der Waals surface area contributed by atoms with E-state index in [1.165, 1.54) is 11.3 Å². The highest BCUT2D eigenvalue weighted by atomic mass is 32.2. The van der Waals surface area contributed by atoms with Crippen molar-refractivity contribution in [2.24, 2.45) is 5.73 Å². The molecule has 3 rings (SSSR count). The van der Waals surface area contributed by atoms with Gasteiger partial charge >= 0.3 is 0 Å². The number of carbonyl (C=O) groups is 1. The van der Waals surface area contributed by atoms with Gasteiger partial charge in [-0.05, 0) is 60.7 Å². The van der Waals surface area contributed by atoms with Crippen LogP contribution in [0.5, 0.6) is 5.75 Å². The van der Waals surface area contributed by atoms with Gasteiger partial charge in [0.25, 0.3) is 5.91 Å². The highest BCUT2D eigenvalue weighted by molar-refractivity contribution is 7.99. The van der Waals surface area contributed by atoms with Gasteiger partial charge in [0.2, 0.25) is 0 Å². The number of nitrogens with one attached hydrogen (secondary N) is 1. The van der Waals surface area contributed by atoms with Crippen molar-refractivity contribution in [1.29, 1.82) is 0 Å². The van der Waals surface area contributed by atoms with E-state index < -0.39 is 10.8 Å². The molecule has 3 aromatic rings. The van der Waals surface area contributed by atoms with Gasteiger partial charge in [0, 0.05) is 39.1 Å². The summed E-state index contributed by atoms with van der Waals surface area (Å²) >= 11 is 3.11. The van der Waals surface area contributed by atoms with Gasteiger partial charge in [0.1, 0.15) is 5.75 Å². The second-order valence-electron chi connectivity index (χ2n) is 6.00. The molecule has 29 heavy (non-hydrogen) atoms. The third-order valence-electron chi connectivity index (χ3n) is 4.07. The number of methoxy groups -OCH3 is 1. The van der Waals surface area contributed by atoms with Crippen molar-refractivity contribution < 1.29 is 13.7 Å². The van der Waals surface area contributed by atoms with Crippen molar-refractivity contribution >= 4 is 39.8 Å². The molecule has 1 heterocycles. The highest BCUT2D eigenvalue weighted by Crippen LogP contribution is 2.25. The normalized spacial score (nSPS) is 11.8. The van der Waals surface area contributed by atoms with E-state index in [0.29, 0.717) is 23.5 Å². The molecule has 2 aromatic carbocycles. The number of amides is 1. The van der Waals surface area contributed by atoms with Crippen LogP contribution in [-0.2, 0) is 17.3 Å². The Labute approximate surface area is 181 Å². The maximum absolute atomic E-state index is 12.6. The predicted octanol–water partition coefficient (Wildman–Crippen LogP) is 3.90. The quantitative estimate of drug-likeness (QED) is 0.385. The average Bonchev–Trinajstić information content (AvgIpc) is 3.26. The van der Waals surface area contributed by atoms with Crippen LogP contribution in [-0.4, -0.2) is 29.5 Å². The molecule has 0 aliphatic heterocycles. The number of hydrogen-bond acceptors (Lipinski definition) is 6. The van der Waals surface area contributed by atoms with Crippen LogP contribution in [0, 0.1) is 0 Å². The van der Waals surface area contributed by atoms with Crippen LogP contribution in [0.2, 0.25) is 0 Å². The van der Waals surface area contributed by atoms with Crippen molar-refractivity contribution in [2.45, 2.75) is 20.5 Å². The summed E-state index contributed by atoms with van der Waals surface area (Å²) in [4.78, 5) is 15.1. The molecule has 0 aliphatic rings. The SMILES string of the molecule is COc1ccc(SCCNC(=O)c2ccc(S(=O)c3ccc(CN)s3)cc2)cc1. The molecule has 5 nitrogen and oxygen atoms in total. The predicted molar refractivity (Wildman–Crippen MR) is 119 cm³/mol. The summed E-state index contributed by atoms with van der Waals surface area (Å²) in [5.41, 5.74) is 6.16. The van der Waals surface area contributed by atoms with E-state index in [4.69, 9.17) is 10.5 Å². The lowest BCUT2D eigenvalue weighted by Gasteiger charge is -2.07. The van der Waals surface area contributed by atoms with E-state index in [2.05, 4.69) is 5.32 Å². The zero-order chi connectivity index (χ0) is 20.6. The van der Waals surface area contributed by atoms with E-state index in [1.54, 1.807) is 43.1 Å². The maximum atomic E-state index is 12.6.